The lowest BCUT2D eigenvalue weighted by molar-refractivity contribution is 1.72. The third-order valence-corrected chi connectivity index (χ3v) is 9.52. The van der Waals surface area contributed by atoms with Crippen LogP contribution in [0.1, 0.15) is 0 Å². The summed E-state index contributed by atoms with van der Waals surface area (Å²) in [5, 5.41) is 5.30. The molecule has 0 N–H and O–H groups in total. The van der Waals surface area contributed by atoms with Gasteiger partial charge < -0.3 is 0 Å². The molecular formula is C24H12Br2S2. The van der Waals surface area contributed by atoms with Crippen molar-refractivity contribution in [1.29, 1.82) is 0 Å². The largest absolute Gasteiger partial charge is 0.134 e. The van der Waals surface area contributed by atoms with Gasteiger partial charge >= 0.3 is 0 Å². The Morgan fingerprint density at radius 3 is 1.43 bits per heavy atom. The lowest BCUT2D eigenvalue weighted by Crippen LogP contribution is -1.78. The van der Waals surface area contributed by atoms with Crippen molar-refractivity contribution >= 4 is 94.9 Å². The number of thiophene rings is 2. The summed E-state index contributed by atoms with van der Waals surface area (Å²) in [4.78, 5) is 0. The summed E-state index contributed by atoms with van der Waals surface area (Å²) in [7, 11) is 0. The van der Waals surface area contributed by atoms with Crippen molar-refractivity contribution in [3.05, 3.63) is 81.7 Å². The van der Waals surface area contributed by atoms with Crippen LogP contribution in [0.25, 0.3) is 51.5 Å². The van der Waals surface area contributed by atoms with Crippen molar-refractivity contribution in [3.8, 4) is 11.1 Å². The second kappa shape index (κ2) is 6.39. The quantitative estimate of drug-likeness (QED) is 0.201. The van der Waals surface area contributed by atoms with Crippen LogP contribution in [-0.2, 0) is 0 Å². The topological polar surface area (TPSA) is 0 Å². The van der Waals surface area contributed by atoms with Crippen LogP contribution < -0.4 is 0 Å². The molecule has 28 heavy (non-hydrogen) atoms. The molecule has 0 unspecified atom stereocenters. The molecule has 134 valence electrons. The zero-order valence-corrected chi connectivity index (χ0v) is 19.3. The van der Waals surface area contributed by atoms with Crippen LogP contribution in [0, 0.1) is 0 Å². The average Bonchev–Trinajstić information content (AvgIpc) is 3.27. The fraction of sp³-hybridized carbons (Fsp3) is 0. The van der Waals surface area contributed by atoms with Crippen molar-refractivity contribution in [1.82, 2.24) is 0 Å². The van der Waals surface area contributed by atoms with Gasteiger partial charge in [0, 0.05) is 49.3 Å². The average molecular weight is 524 g/mol. The minimum Gasteiger partial charge on any atom is -0.134 e. The molecule has 0 amide bonds. The Kier molecular flexibility index (Phi) is 3.92. The number of hydrogen-bond acceptors (Lipinski definition) is 2. The predicted molar refractivity (Wildman–Crippen MR) is 133 cm³/mol. The van der Waals surface area contributed by atoms with Gasteiger partial charge in [0.1, 0.15) is 0 Å². The summed E-state index contributed by atoms with van der Waals surface area (Å²) >= 11 is 11.1. The SMILES string of the molecule is Brc1cccc2c1sc1ccc(-c3ccc4sc5c(Br)cccc5c4c3)cc12. The molecule has 4 heteroatoms. The van der Waals surface area contributed by atoms with Gasteiger partial charge in [0.15, 0.2) is 0 Å². The zero-order valence-electron chi connectivity index (χ0n) is 14.5. The van der Waals surface area contributed by atoms with E-state index in [1.54, 1.807) is 0 Å². The standard InChI is InChI=1S/C24H12Br2S2/c25-19-5-1-3-15-17-11-13(7-9-21(17)27-23(15)19)14-8-10-22-18(12-14)16-4-2-6-20(26)24(16)28-22/h1-12H. The van der Waals surface area contributed by atoms with Crippen LogP contribution in [0.2, 0.25) is 0 Å². The van der Waals surface area contributed by atoms with Crippen molar-refractivity contribution in [2.75, 3.05) is 0 Å². The lowest BCUT2D eigenvalue weighted by atomic mass is 10.0. The number of benzene rings is 4. The van der Waals surface area contributed by atoms with E-state index in [4.69, 9.17) is 0 Å². The lowest BCUT2D eigenvalue weighted by Gasteiger charge is -2.03. The molecule has 6 rings (SSSR count). The Bertz CT molecular complexity index is 1420. The maximum Gasteiger partial charge on any atom is 0.0497 e. The molecular weight excluding hydrogens is 512 g/mol. The molecule has 0 saturated heterocycles. The van der Waals surface area contributed by atoms with Gasteiger partial charge in [-0.05, 0) is 79.4 Å². The molecule has 4 aromatic carbocycles. The molecule has 2 aromatic heterocycles. The maximum absolute atomic E-state index is 3.70. The molecule has 0 aliphatic heterocycles. The highest BCUT2D eigenvalue weighted by Crippen LogP contribution is 2.42. The smallest absolute Gasteiger partial charge is 0.0497 e. The van der Waals surface area contributed by atoms with Crippen molar-refractivity contribution < 1.29 is 0 Å². The number of halogens is 2. The molecule has 0 spiro atoms. The van der Waals surface area contributed by atoms with E-state index in [9.17, 15) is 0 Å². The highest BCUT2D eigenvalue weighted by molar-refractivity contribution is 9.11. The molecule has 0 radical (unpaired) electrons. The highest BCUT2D eigenvalue weighted by atomic mass is 79.9. The summed E-state index contributed by atoms with van der Waals surface area (Å²) in [6, 6.07) is 26.6. The Balaban J connectivity index is 1.61. The monoisotopic (exact) mass is 522 g/mol. The number of fused-ring (bicyclic) bond motifs is 6. The summed E-state index contributed by atoms with van der Waals surface area (Å²) in [5.74, 6) is 0. The minimum atomic E-state index is 1.17. The van der Waals surface area contributed by atoms with E-state index in [0.717, 1.165) is 0 Å². The van der Waals surface area contributed by atoms with Crippen molar-refractivity contribution in [2.24, 2.45) is 0 Å². The second-order valence-corrected chi connectivity index (χ2v) is 10.7. The molecule has 0 saturated carbocycles. The summed E-state index contributed by atoms with van der Waals surface area (Å²) in [6.45, 7) is 0. The summed E-state index contributed by atoms with van der Waals surface area (Å²) in [5.41, 5.74) is 2.53. The van der Waals surface area contributed by atoms with Crippen LogP contribution in [0.5, 0.6) is 0 Å². The van der Waals surface area contributed by atoms with E-state index in [1.807, 2.05) is 22.7 Å². The second-order valence-electron chi connectivity index (χ2n) is 6.86. The summed E-state index contributed by atoms with van der Waals surface area (Å²) < 4.78 is 7.64. The fourth-order valence-electron chi connectivity index (χ4n) is 3.89. The number of rotatable bonds is 1. The minimum absolute atomic E-state index is 1.17. The van der Waals surface area contributed by atoms with Crippen molar-refractivity contribution in [3.63, 3.8) is 0 Å². The van der Waals surface area contributed by atoms with Gasteiger partial charge in [0.25, 0.3) is 0 Å². The van der Waals surface area contributed by atoms with Crippen LogP contribution in [0.4, 0.5) is 0 Å². The zero-order chi connectivity index (χ0) is 18.8. The first-order valence-electron chi connectivity index (χ1n) is 8.91. The normalized spacial score (nSPS) is 11.9. The van der Waals surface area contributed by atoms with Gasteiger partial charge in [-0.25, -0.2) is 0 Å². The van der Waals surface area contributed by atoms with E-state index in [2.05, 4.69) is 105 Å². The molecule has 0 fully saturated rings. The van der Waals surface area contributed by atoms with Crippen LogP contribution >= 0.6 is 54.5 Å². The maximum atomic E-state index is 3.70. The third-order valence-electron chi connectivity index (χ3n) is 5.23. The molecule has 6 aromatic rings. The number of hydrogen-bond donors (Lipinski definition) is 0. The molecule has 0 aliphatic carbocycles. The molecule has 0 nitrogen and oxygen atoms in total. The van der Waals surface area contributed by atoms with Crippen molar-refractivity contribution in [2.45, 2.75) is 0 Å². The molecule has 0 aliphatic rings. The molecule has 2 heterocycles. The Morgan fingerprint density at radius 2 is 0.964 bits per heavy atom. The van der Waals surface area contributed by atoms with Gasteiger partial charge in [0.05, 0.1) is 0 Å². The Hall–Kier alpha value is -1.72. The van der Waals surface area contributed by atoms with Crippen LogP contribution in [0.3, 0.4) is 0 Å². The van der Waals surface area contributed by atoms with Crippen LogP contribution in [-0.4, -0.2) is 0 Å². The fourth-order valence-corrected chi connectivity index (χ4v) is 7.28. The Morgan fingerprint density at radius 1 is 0.500 bits per heavy atom. The van der Waals surface area contributed by atoms with Gasteiger partial charge in [-0.3, -0.25) is 0 Å². The summed E-state index contributed by atoms with van der Waals surface area (Å²) in [6.07, 6.45) is 0. The van der Waals surface area contributed by atoms with E-state index in [0.29, 0.717) is 0 Å². The molecule has 0 atom stereocenters. The highest BCUT2D eigenvalue weighted by Gasteiger charge is 2.11. The first kappa shape index (κ1) is 17.2. The first-order valence-corrected chi connectivity index (χ1v) is 12.1. The van der Waals surface area contributed by atoms with Gasteiger partial charge in [-0.15, -0.1) is 22.7 Å². The van der Waals surface area contributed by atoms with Crippen LogP contribution in [0.15, 0.2) is 81.7 Å². The van der Waals surface area contributed by atoms with Gasteiger partial charge in [-0.2, -0.15) is 0 Å². The Labute approximate surface area is 186 Å². The van der Waals surface area contributed by atoms with E-state index >= 15 is 0 Å². The van der Waals surface area contributed by atoms with Gasteiger partial charge in [0.2, 0.25) is 0 Å². The van der Waals surface area contributed by atoms with E-state index < -0.39 is 0 Å². The third kappa shape index (κ3) is 2.52. The van der Waals surface area contributed by atoms with E-state index in [1.165, 1.54) is 60.4 Å². The molecule has 0 bridgehead atoms. The van der Waals surface area contributed by atoms with Gasteiger partial charge in [-0.1, -0.05) is 36.4 Å². The first-order chi connectivity index (χ1) is 13.7. The van der Waals surface area contributed by atoms with E-state index in [-0.39, 0.29) is 0 Å². The predicted octanol–water partition coefficient (Wildman–Crippen LogP) is 9.61.